The Balaban J connectivity index is 0.000000648. The molecule has 1 unspecified atom stereocenters. The van der Waals surface area contributed by atoms with Crippen LogP contribution in [0.4, 0.5) is 0 Å². The molecule has 0 bridgehead atoms. The number of thiol groups is 1. The quantitative estimate of drug-likeness (QED) is 0.814. The number of rotatable bonds is 5. The fourth-order valence-electron chi connectivity index (χ4n) is 2.35. The minimum absolute atomic E-state index is 0.339. The normalized spacial score (nSPS) is 12.0. The van der Waals surface area contributed by atoms with Crippen molar-refractivity contribution in [3.05, 3.63) is 71.1 Å². The Bertz CT molecular complexity index is 717. The third-order valence-corrected chi connectivity index (χ3v) is 3.65. The maximum atomic E-state index is 8.81. The number of aromatic nitrogens is 1. The van der Waals surface area contributed by atoms with Crippen molar-refractivity contribution in [3.8, 4) is 0 Å². The number of pyridine rings is 1. The maximum Gasteiger partial charge on any atom is 0.198 e. The Morgan fingerprint density at radius 3 is 2.25 bits per heavy atom. The molecule has 0 saturated heterocycles. The Morgan fingerprint density at radius 2 is 1.71 bits per heavy atom. The molecule has 2 aromatic rings. The lowest BCUT2D eigenvalue weighted by molar-refractivity contribution is 0.616. The van der Waals surface area contributed by atoms with Gasteiger partial charge in [0.05, 0.1) is 0 Å². The Morgan fingerprint density at radius 1 is 1.08 bits per heavy atom. The molecule has 0 fully saturated rings. The largest absolute Gasteiger partial charge is 0.257 e. The molecule has 5 heteroatoms. The highest BCUT2D eigenvalue weighted by Crippen LogP contribution is 2.19. The summed E-state index contributed by atoms with van der Waals surface area (Å²) in [4.78, 5) is 4.82. The predicted octanol–water partition coefficient (Wildman–Crippen LogP) is 3.49. The van der Waals surface area contributed by atoms with Gasteiger partial charge >= 0.3 is 0 Å². The molecule has 1 heterocycles. The number of allylic oxidation sites excluding steroid dienone is 1. The van der Waals surface area contributed by atoms with Crippen molar-refractivity contribution in [1.82, 2.24) is 4.98 Å². The average molecular weight is 346 g/mol. The maximum absolute atomic E-state index is 8.81. The van der Waals surface area contributed by atoms with Crippen molar-refractivity contribution in [2.45, 2.75) is 39.5 Å². The molecule has 0 aliphatic rings. The third-order valence-electron chi connectivity index (χ3n) is 3.65. The van der Waals surface area contributed by atoms with E-state index in [1.165, 1.54) is 16.8 Å². The Kier molecular flexibility index (Phi) is 8.97. The van der Waals surface area contributed by atoms with E-state index in [9.17, 15) is 0 Å². The summed E-state index contributed by atoms with van der Waals surface area (Å²) in [5.74, 6) is 0.339. The van der Waals surface area contributed by atoms with E-state index in [2.05, 4.69) is 74.5 Å². The van der Waals surface area contributed by atoms with Gasteiger partial charge in [0.15, 0.2) is 10.9 Å². The smallest absolute Gasteiger partial charge is 0.198 e. The van der Waals surface area contributed by atoms with Crippen LogP contribution in [0.1, 0.15) is 49.2 Å². The van der Waals surface area contributed by atoms with Crippen LogP contribution in [-0.2, 0) is 23.7 Å². The van der Waals surface area contributed by atoms with Gasteiger partial charge < -0.3 is 0 Å². The van der Waals surface area contributed by atoms with E-state index in [0.29, 0.717) is 5.92 Å². The molecule has 1 atom stereocenters. The predicted molar refractivity (Wildman–Crippen MR) is 101 cm³/mol. The molecule has 2 N–H and O–H groups in total. The van der Waals surface area contributed by atoms with Gasteiger partial charge in [-0.25, -0.2) is 13.6 Å². The van der Waals surface area contributed by atoms with E-state index in [4.69, 9.17) is 13.4 Å². The van der Waals surface area contributed by atoms with Gasteiger partial charge in [-0.2, -0.15) is 0 Å². The van der Waals surface area contributed by atoms with Crippen molar-refractivity contribution in [2.75, 3.05) is 0 Å². The topological polar surface area (TPSA) is 73.0 Å². The fourth-order valence-corrected chi connectivity index (χ4v) is 2.35. The molecule has 0 aliphatic heterocycles. The van der Waals surface area contributed by atoms with Gasteiger partial charge in [-0.05, 0) is 30.0 Å². The lowest BCUT2D eigenvalue weighted by atomic mass is 10.0. The molecular formula is C19H26N2O2S. The summed E-state index contributed by atoms with van der Waals surface area (Å²) < 4.78 is 17.6. The molecular weight excluding hydrogens is 320 g/mol. The lowest BCUT2D eigenvalue weighted by Crippen LogP contribution is -2.01. The van der Waals surface area contributed by atoms with Gasteiger partial charge in [-0.1, -0.05) is 69.3 Å². The minimum Gasteiger partial charge on any atom is -0.257 e. The molecule has 0 aliphatic carbocycles. The number of nitrogens with zero attached hydrogens (tertiary/aromatic N) is 1. The highest BCUT2D eigenvalue weighted by molar-refractivity contribution is 7.69. The van der Waals surface area contributed by atoms with Crippen LogP contribution >= 0.6 is 0 Å². The molecule has 2 rings (SSSR count). The van der Waals surface area contributed by atoms with E-state index in [1.54, 1.807) is 0 Å². The van der Waals surface area contributed by atoms with Crippen molar-refractivity contribution in [2.24, 2.45) is 5.14 Å². The van der Waals surface area contributed by atoms with E-state index < -0.39 is 10.9 Å². The van der Waals surface area contributed by atoms with Crippen LogP contribution in [0, 0.1) is 0 Å². The summed E-state index contributed by atoms with van der Waals surface area (Å²) in [5.41, 5.74) is 5.01. The molecule has 0 amide bonds. The highest BCUT2D eigenvalue weighted by atomic mass is 32.2. The first-order chi connectivity index (χ1) is 11.5. The van der Waals surface area contributed by atoms with Crippen LogP contribution < -0.4 is 5.14 Å². The monoisotopic (exact) mass is 346 g/mol. The zero-order valence-corrected chi connectivity index (χ0v) is 15.4. The van der Waals surface area contributed by atoms with Gasteiger partial charge in [-0.3, -0.25) is 4.98 Å². The number of hydrogen-bond acceptors (Lipinski definition) is 3. The first kappa shape index (κ1) is 20.1. The molecule has 4 nitrogen and oxygen atoms in total. The number of hydrogen-bond donors (Lipinski definition) is 2. The zero-order chi connectivity index (χ0) is 17.9. The SMILES string of the molecule is CCc1ccc(C(C)C=Cc2ccccc2)nc1CC.N[SH](=O)=O. The van der Waals surface area contributed by atoms with Gasteiger partial charge in [0.25, 0.3) is 0 Å². The summed E-state index contributed by atoms with van der Waals surface area (Å²) in [6.45, 7) is 6.57. The second-order valence-corrected chi connectivity index (χ2v) is 5.96. The van der Waals surface area contributed by atoms with Crippen molar-refractivity contribution >= 4 is 17.0 Å². The van der Waals surface area contributed by atoms with Gasteiger partial charge in [0, 0.05) is 17.3 Å². The van der Waals surface area contributed by atoms with E-state index in [1.807, 2.05) is 6.07 Å². The molecule has 1 aromatic heterocycles. The number of nitrogens with two attached hydrogens (primary N) is 1. The van der Waals surface area contributed by atoms with Gasteiger partial charge in [-0.15, -0.1) is 0 Å². The van der Waals surface area contributed by atoms with Crippen molar-refractivity contribution in [1.29, 1.82) is 0 Å². The second kappa shape index (κ2) is 10.7. The van der Waals surface area contributed by atoms with Crippen molar-refractivity contribution in [3.63, 3.8) is 0 Å². The molecule has 130 valence electrons. The fraction of sp³-hybridized carbons (Fsp3) is 0.316. The van der Waals surface area contributed by atoms with Crippen LogP contribution in [0.15, 0.2) is 48.5 Å². The standard InChI is InChI=1S/C19H23N.H3NO2S/c1-4-17-13-14-19(20-18(17)5-2)15(3)11-12-16-9-7-6-8-10-16;1-4(2)3/h6-15H,4-5H2,1-3H3;4H,(H2,1,2,3). The summed E-state index contributed by atoms with van der Waals surface area (Å²) in [5, 5.41) is 4.06. The second-order valence-electron chi connectivity index (χ2n) is 5.39. The molecule has 1 aromatic carbocycles. The Hall–Kier alpha value is -1.98. The molecule has 0 saturated carbocycles. The number of benzene rings is 1. The zero-order valence-electron chi connectivity index (χ0n) is 14.5. The lowest BCUT2D eigenvalue weighted by Gasteiger charge is -2.11. The van der Waals surface area contributed by atoms with E-state index in [-0.39, 0.29) is 0 Å². The third kappa shape index (κ3) is 7.06. The summed E-state index contributed by atoms with van der Waals surface area (Å²) in [6, 6.07) is 14.8. The highest BCUT2D eigenvalue weighted by Gasteiger charge is 2.07. The number of aryl methyl sites for hydroxylation is 2. The summed E-state index contributed by atoms with van der Waals surface area (Å²) in [6.07, 6.45) is 6.46. The summed E-state index contributed by atoms with van der Waals surface area (Å²) >= 11 is 0. The van der Waals surface area contributed by atoms with Crippen LogP contribution in [0.5, 0.6) is 0 Å². The first-order valence-corrected chi connectivity index (χ1v) is 9.33. The van der Waals surface area contributed by atoms with Crippen molar-refractivity contribution < 1.29 is 8.42 Å². The van der Waals surface area contributed by atoms with Crippen LogP contribution in [0.25, 0.3) is 6.08 Å². The molecule has 0 spiro atoms. The first-order valence-electron chi connectivity index (χ1n) is 8.08. The molecule has 0 radical (unpaired) electrons. The van der Waals surface area contributed by atoms with Crippen LogP contribution in [0.3, 0.4) is 0 Å². The summed E-state index contributed by atoms with van der Waals surface area (Å²) in [7, 11) is -2.62. The average Bonchev–Trinajstić information content (AvgIpc) is 2.59. The molecule has 24 heavy (non-hydrogen) atoms. The van der Waals surface area contributed by atoms with Crippen LogP contribution in [0.2, 0.25) is 0 Å². The van der Waals surface area contributed by atoms with Crippen LogP contribution in [-0.4, -0.2) is 13.4 Å². The van der Waals surface area contributed by atoms with E-state index >= 15 is 0 Å². The van der Waals surface area contributed by atoms with E-state index in [0.717, 1.165) is 18.5 Å². The Labute approximate surface area is 146 Å². The van der Waals surface area contributed by atoms with Gasteiger partial charge in [0.1, 0.15) is 0 Å². The minimum atomic E-state index is -2.62. The van der Waals surface area contributed by atoms with Gasteiger partial charge in [0.2, 0.25) is 0 Å².